The summed E-state index contributed by atoms with van der Waals surface area (Å²) in [6.07, 6.45) is -4.93. The smallest absolute Gasteiger partial charge is 0.339 e. The first kappa shape index (κ1) is 29.6. The number of rotatable bonds is 12. The summed E-state index contributed by atoms with van der Waals surface area (Å²) in [4.78, 5) is 0. The zero-order valence-electron chi connectivity index (χ0n) is 19.0. The summed E-state index contributed by atoms with van der Waals surface area (Å²) < 4.78 is 115. The Balaban J connectivity index is 5.17. The van der Waals surface area contributed by atoms with Crippen molar-refractivity contribution in [3.8, 4) is 0 Å². The molecule has 0 radical (unpaired) electrons. The fraction of sp³-hybridized carbons (Fsp3) is 1.00. The van der Waals surface area contributed by atoms with Crippen molar-refractivity contribution in [1.29, 1.82) is 0 Å². The van der Waals surface area contributed by atoms with Gasteiger partial charge in [0.25, 0.3) is 28.5 Å². The quantitative estimate of drug-likeness (QED) is 0.137. The van der Waals surface area contributed by atoms with E-state index >= 15 is 0 Å². The highest BCUT2D eigenvalue weighted by atomic mass is 28.4. The third-order valence-electron chi connectivity index (χ3n) is 6.31. The van der Waals surface area contributed by atoms with Crippen LogP contribution in [0.5, 0.6) is 0 Å². The fourth-order valence-electron chi connectivity index (χ4n) is 2.30. The molecule has 0 rings (SSSR count). The van der Waals surface area contributed by atoms with Gasteiger partial charge in [-0.05, 0) is 40.0 Å². The minimum Gasteiger partial charge on any atom is -0.339 e. The molecule has 0 spiro atoms. The second-order valence-corrected chi connectivity index (χ2v) is 19.0. The second kappa shape index (κ2) is 9.19. The molecule has 0 aliphatic carbocycles. The third kappa shape index (κ3) is 5.48. The van der Waals surface area contributed by atoms with Crippen molar-refractivity contribution >= 4 is 25.8 Å². The van der Waals surface area contributed by atoms with Gasteiger partial charge >= 0.3 is 9.17 Å². The van der Waals surface area contributed by atoms with Gasteiger partial charge in [0.15, 0.2) is 12.3 Å². The number of hydrogen-bond acceptors (Lipinski definition) is 5. The van der Waals surface area contributed by atoms with Crippen molar-refractivity contribution < 1.29 is 49.1 Å². The van der Waals surface area contributed by atoms with Crippen molar-refractivity contribution in [1.82, 2.24) is 0 Å². The first-order valence-electron chi connectivity index (χ1n) is 9.28. The first-order valence-corrected chi connectivity index (χ1v) is 16.3. The summed E-state index contributed by atoms with van der Waals surface area (Å²) in [5, 5.41) is -3.93. The molecule has 0 N–H and O–H groups in total. The van der Waals surface area contributed by atoms with Crippen molar-refractivity contribution in [2.75, 3.05) is 0 Å². The summed E-state index contributed by atoms with van der Waals surface area (Å²) in [5.41, 5.74) is 0. The van der Waals surface area contributed by atoms with E-state index in [1.165, 1.54) is 26.2 Å². The molecule has 0 aromatic rings. The van der Waals surface area contributed by atoms with Crippen LogP contribution in [0.3, 0.4) is 0 Å². The summed E-state index contributed by atoms with van der Waals surface area (Å²) in [7, 11) is -10.7. The molecule has 0 aliphatic heterocycles. The minimum absolute atomic E-state index is 0.718. The van der Waals surface area contributed by atoms with Gasteiger partial charge in [0.1, 0.15) is 0 Å². The minimum atomic E-state index is -3.76. The number of hydrogen-bond donors (Lipinski definition) is 0. The largest absolute Gasteiger partial charge is 0.833 e. The molecule has 0 aromatic heterocycles. The van der Waals surface area contributed by atoms with Crippen molar-refractivity contribution in [3.05, 3.63) is 0 Å². The summed E-state index contributed by atoms with van der Waals surface area (Å²) >= 11 is 0. The Hall–Kier alpha value is -0.449. The Bertz CT molecular complexity index is 562. The molecule has 0 heterocycles. The maximum Gasteiger partial charge on any atom is 0.833 e. The lowest BCUT2D eigenvalue weighted by Crippen LogP contribution is -2.56. The van der Waals surface area contributed by atoms with Gasteiger partial charge in [0.2, 0.25) is 0 Å². The highest BCUT2D eigenvalue weighted by Gasteiger charge is 2.63. The van der Waals surface area contributed by atoms with Crippen LogP contribution in [0.25, 0.3) is 0 Å². The van der Waals surface area contributed by atoms with Gasteiger partial charge in [0.05, 0.1) is 10.1 Å². The fourth-order valence-corrected chi connectivity index (χ4v) is 6.95. The Morgan fingerprint density at radius 2 is 0.933 bits per heavy atom. The SMILES string of the molecule is CC(F)C(F)(F)C(C)(C)[Si](C)(C)OO[Si](=O)OO[Si](C)(C)C(C)(C)C(F)(F)C(C)F. The lowest BCUT2D eigenvalue weighted by Gasteiger charge is -2.43. The molecule has 0 aromatic carbocycles. The van der Waals surface area contributed by atoms with Gasteiger partial charge in [-0.2, -0.15) is 0 Å². The van der Waals surface area contributed by atoms with Gasteiger partial charge in [-0.1, -0.05) is 27.7 Å². The highest BCUT2D eigenvalue weighted by Crippen LogP contribution is 2.54. The molecule has 0 aliphatic rings. The standard InChI is InChI=1S/C16H32F6O5Si3/c1-11(17)15(19,20)13(3,4)29(7,8)26-24-28(23)25-27-30(9,10)14(5,6)16(21,22)12(2)18/h11-12H,1-10H3. The molecular formula is C16H32F6O5Si3. The predicted molar refractivity (Wildman–Crippen MR) is 105 cm³/mol. The van der Waals surface area contributed by atoms with Crippen LogP contribution in [0.2, 0.25) is 36.3 Å². The molecule has 0 amide bonds. The van der Waals surface area contributed by atoms with Crippen molar-refractivity contribution in [2.45, 2.75) is 102 Å². The Kier molecular flexibility index (Phi) is 9.06. The van der Waals surface area contributed by atoms with Crippen LogP contribution in [0.4, 0.5) is 26.3 Å². The van der Waals surface area contributed by atoms with Gasteiger partial charge in [-0.15, -0.1) is 0 Å². The molecule has 14 heteroatoms. The molecule has 30 heavy (non-hydrogen) atoms. The van der Waals surface area contributed by atoms with Gasteiger partial charge in [-0.25, -0.2) is 26.3 Å². The average molecular weight is 503 g/mol. The zero-order valence-corrected chi connectivity index (χ0v) is 22.0. The zero-order chi connectivity index (χ0) is 24.6. The van der Waals surface area contributed by atoms with E-state index in [0.29, 0.717) is 0 Å². The van der Waals surface area contributed by atoms with Gasteiger partial charge in [0, 0.05) is 0 Å². The van der Waals surface area contributed by atoms with E-state index < -0.39 is 60.1 Å². The van der Waals surface area contributed by atoms with E-state index in [2.05, 4.69) is 9.15 Å². The highest BCUT2D eigenvalue weighted by molar-refractivity contribution is 6.75. The van der Waals surface area contributed by atoms with Crippen LogP contribution in [-0.4, -0.2) is 50.0 Å². The predicted octanol–water partition coefficient (Wildman–Crippen LogP) is 6.26. The summed E-state index contributed by atoms with van der Waals surface area (Å²) in [5.74, 6) is -7.51. The van der Waals surface area contributed by atoms with Crippen LogP contribution >= 0.6 is 0 Å². The summed E-state index contributed by atoms with van der Waals surface area (Å²) in [6, 6.07) is 0. The lowest BCUT2D eigenvalue weighted by molar-refractivity contribution is -0.217. The first-order chi connectivity index (χ1) is 13.0. The average Bonchev–Trinajstić information content (AvgIpc) is 2.57. The maximum absolute atomic E-state index is 14.3. The van der Waals surface area contributed by atoms with Crippen LogP contribution in [0.1, 0.15) is 41.5 Å². The molecule has 0 fully saturated rings. The summed E-state index contributed by atoms with van der Waals surface area (Å²) in [6.45, 7) is 11.1. The van der Waals surface area contributed by atoms with E-state index in [1.54, 1.807) is 0 Å². The molecule has 0 saturated carbocycles. The Morgan fingerprint density at radius 1 is 0.700 bits per heavy atom. The van der Waals surface area contributed by atoms with Crippen LogP contribution in [0, 0.1) is 0 Å². The molecule has 180 valence electrons. The normalized spacial score (nSPS) is 16.8. The van der Waals surface area contributed by atoms with Crippen LogP contribution in [-0.2, 0) is 22.8 Å². The molecule has 0 bridgehead atoms. The molecular weight excluding hydrogens is 470 g/mol. The molecule has 2 unspecified atom stereocenters. The van der Waals surface area contributed by atoms with E-state index in [4.69, 9.17) is 9.15 Å². The van der Waals surface area contributed by atoms with Crippen LogP contribution in [0.15, 0.2) is 0 Å². The number of alkyl halides is 6. The second-order valence-electron chi connectivity index (χ2n) is 9.33. The van der Waals surface area contributed by atoms with E-state index in [0.717, 1.165) is 41.5 Å². The third-order valence-corrected chi connectivity index (χ3v) is 14.8. The monoisotopic (exact) mass is 502 g/mol. The lowest BCUT2D eigenvalue weighted by atomic mass is 10.0. The van der Waals surface area contributed by atoms with Crippen LogP contribution < -0.4 is 0 Å². The maximum atomic E-state index is 14.3. The molecule has 2 atom stereocenters. The van der Waals surface area contributed by atoms with Gasteiger partial charge in [-0.3, -0.25) is 13.6 Å². The Labute approximate surface area is 177 Å². The van der Waals surface area contributed by atoms with Crippen molar-refractivity contribution in [3.63, 3.8) is 0 Å². The van der Waals surface area contributed by atoms with Gasteiger partial charge < -0.3 is 9.15 Å². The molecule has 5 nitrogen and oxygen atoms in total. The number of halogens is 6. The molecule has 0 saturated heterocycles. The van der Waals surface area contributed by atoms with E-state index in [9.17, 15) is 30.8 Å². The topological polar surface area (TPSA) is 54.0 Å². The van der Waals surface area contributed by atoms with E-state index in [-0.39, 0.29) is 0 Å². The van der Waals surface area contributed by atoms with E-state index in [1.807, 2.05) is 0 Å². The van der Waals surface area contributed by atoms with Crippen molar-refractivity contribution in [2.24, 2.45) is 0 Å². The Morgan fingerprint density at radius 3 is 1.13 bits per heavy atom.